The molecule has 26 heavy (non-hydrogen) atoms. The summed E-state index contributed by atoms with van der Waals surface area (Å²) in [6.07, 6.45) is -4.26. The van der Waals surface area contributed by atoms with Crippen molar-refractivity contribution in [2.45, 2.75) is 19.3 Å². The van der Waals surface area contributed by atoms with Crippen LogP contribution in [0, 0.1) is 0 Å². The zero-order valence-electron chi connectivity index (χ0n) is 14.2. The van der Waals surface area contributed by atoms with Crippen LogP contribution in [0.1, 0.15) is 5.56 Å². The summed E-state index contributed by atoms with van der Waals surface area (Å²) in [5.74, 6) is 0.269. The maximum atomic E-state index is 12.4. The van der Waals surface area contributed by atoms with Gasteiger partial charge in [-0.2, -0.15) is 22.0 Å². The van der Waals surface area contributed by atoms with Gasteiger partial charge in [0.05, 0.1) is 6.54 Å². The fraction of sp³-hybridized carbons (Fsp3) is 0.533. The molecular weight excluding hydrogens is 383 g/mol. The Balaban J connectivity index is 2.53. The molecule has 0 saturated heterocycles. The van der Waals surface area contributed by atoms with Gasteiger partial charge in [0.25, 0.3) is 0 Å². The number of hydrogen-bond acceptors (Lipinski definition) is 3. The molecule has 0 aliphatic heterocycles. The molecule has 148 valence electrons. The fourth-order valence-corrected chi connectivity index (χ4v) is 2.24. The number of guanidine groups is 1. The van der Waals surface area contributed by atoms with Crippen LogP contribution < -0.4 is 15.4 Å². The van der Waals surface area contributed by atoms with Gasteiger partial charge in [-0.25, -0.2) is 0 Å². The first-order valence-electron chi connectivity index (χ1n) is 7.53. The van der Waals surface area contributed by atoms with E-state index < -0.39 is 19.3 Å². The fourth-order valence-electron chi connectivity index (χ4n) is 2.05. The lowest BCUT2D eigenvalue weighted by Crippen LogP contribution is -2.42. The van der Waals surface area contributed by atoms with E-state index in [1.807, 2.05) is 0 Å². The van der Waals surface area contributed by atoms with Crippen molar-refractivity contribution >= 4 is 17.6 Å². The van der Waals surface area contributed by atoms with Crippen LogP contribution in [-0.4, -0.2) is 57.4 Å². The Morgan fingerprint density at radius 2 is 2.00 bits per heavy atom. The van der Waals surface area contributed by atoms with Gasteiger partial charge in [0.15, 0.2) is 5.96 Å². The molecule has 11 heteroatoms. The highest BCUT2D eigenvalue weighted by molar-refractivity contribution is 6.30. The van der Waals surface area contributed by atoms with Gasteiger partial charge < -0.3 is 15.4 Å². The molecule has 0 aromatic heterocycles. The van der Waals surface area contributed by atoms with Crippen molar-refractivity contribution in [2.24, 2.45) is 4.99 Å². The molecule has 0 amide bonds. The van der Waals surface area contributed by atoms with Gasteiger partial charge in [-0.1, -0.05) is 11.6 Å². The highest BCUT2D eigenvalue weighted by Crippen LogP contribution is 2.24. The third kappa shape index (κ3) is 9.04. The Morgan fingerprint density at radius 1 is 1.31 bits per heavy atom. The Bertz CT molecular complexity index is 598. The van der Waals surface area contributed by atoms with E-state index in [1.54, 1.807) is 0 Å². The van der Waals surface area contributed by atoms with Crippen LogP contribution in [0.4, 0.5) is 22.0 Å². The smallest absolute Gasteiger partial charge is 0.401 e. The number of alkyl halides is 5. The predicted molar refractivity (Wildman–Crippen MR) is 89.8 cm³/mol. The van der Waals surface area contributed by atoms with Gasteiger partial charge >= 0.3 is 12.8 Å². The van der Waals surface area contributed by atoms with Gasteiger partial charge in [-0.05, 0) is 25.2 Å². The summed E-state index contributed by atoms with van der Waals surface area (Å²) < 4.78 is 66.0. The Morgan fingerprint density at radius 3 is 2.58 bits per heavy atom. The van der Waals surface area contributed by atoms with Crippen LogP contribution >= 0.6 is 11.6 Å². The van der Waals surface area contributed by atoms with Gasteiger partial charge in [0, 0.05) is 37.3 Å². The second kappa shape index (κ2) is 10.4. The summed E-state index contributed by atoms with van der Waals surface area (Å²) in [7, 11) is 2.83. The van der Waals surface area contributed by atoms with Crippen molar-refractivity contribution in [1.29, 1.82) is 0 Å². The molecule has 0 heterocycles. The monoisotopic (exact) mass is 402 g/mol. The Hall–Kier alpha value is -1.81. The SMILES string of the molecule is CN=C(NCCN(C)CC(F)(F)F)NCc1cc(Cl)ccc1OC(F)F. The molecule has 0 bridgehead atoms. The molecule has 1 aromatic rings. The summed E-state index contributed by atoms with van der Waals surface area (Å²) in [6.45, 7) is -3.56. The lowest BCUT2D eigenvalue weighted by molar-refractivity contribution is -0.142. The number of benzene rings is 1. The van der Waals surface area contributed by atoms with Crippen molar-refractivity contribution in [3.8, 4) is 5.75 Å². The molecule has 0 saturated carbocycles. The predicted octanol–water partition coefficient (Wildman–Crippen LogP) is 3.10. The molecule has 5 nitrogen and oxygen atoms in total. The number of aliphatic imine (C=N–C) groups is 1. The largest absolute Gasteiger partial charge is 0.434 e. The summed E-state index contributed by atoms with van der Waals surface area (Å²) in [5.41, 5.74) is 0.384. The number of nitrogens with one attached hydrogen (secondary N) is 2. The van der Waals surface area contributed by atoms with Crippen LogP contribution in [-0.2, 0) is 6.54 Å². The highest BCUT2D eigenvalue weighted by Gasteiger charge is 2.28. The van der Waals surface area contributed by atoms with Crippen molar-refractivity contribution in [1.82, 2.24) is 15.5 Å². The molecule has 2 N–H and O–H groups in total. The van der Waals surface area contributed by atoms with Gasteiger partial charge in [0.1, 0.15) is 5.75 Å². The highest BCUT2D eigenvalue weighted by atomic mass is 35.5. The van der Waals surface area contributed by atoms with Gasteiger partial charge in [-0.15, -0.1) is 0 Å². The van der Waals surface area contributed by atoms with E-state index in [2.05, 4.69) is 20.4 Å². The van der Waals surface area contributed by atoms with Gasteiger partial charge in [0.2, 0.25) is 0 Å². The van der Waals surface area contributed by atoms with Crippen molar-refractivity contribution < 1.29 is 26.7 Å². The molecule has 0 radical (unpaired) electrons. The van der Waals surface area contributed by atoms with Crippen molar-refractivity contribution in [3.05, 3.63) is 28.8 Å². The number of halogens is 6. The number of ether oxygens (including phenoxy) is 1. The maximum Gasteiger partial charge on any atom is 0.401 e. The standard InChI is InChI=1S/C15H20ClF5N4O/c1-22-14(23-5-6-25(2)9-15(19,20)21)24-8-10-7-11(16)3-4-12(10)26-13(17)18/h3-4,7,13H,5-6,8-9H2,1-2H3,(H2,22,23,24). The summed E-state index contributed by atoms with van der Waals surface area (Å²) in [6, 6.07) is 4.22. The second-order valence-corrected chi connectivity index (χ2v) is 5.77. The van der Waals surface area contributed by atoms with Crippen LogP contribution in [0.3, 0.4) is 0 Å². The van der Waals surface area contributed by atoms with E-state index >= 15 is 0 Å². The van der Waals surface area contributed by atoms with E-state index in [-0.39, 0.29) is 25.4 Å². The zero-order valence-corrected chi connectivity index (χ0v) is 15.0. The normalized spacial score (nSPS) is 12.6. The van der Waals surface area contributed by atoms with Crippen LogP contribution in [0.5, 0.6) is 5.75 Å². The van der Waals surface area contributed by atoms with E-state index in [4.69, 9.17) is 11.6 Å². The number of likely N-dealkylation sites (N-methyl/N-ethyl adjacent to an activating group) is 1. The molecular formula is C15H20ClF5N4O. The average molecular weight is 403 g/mol. The lowest BCUT2D eigenvalue weighted by Gasteiger charge is -2.19. The molecule has 0 atom stereocenters. The second-order valence-electron chi connectivity index (χ2n) is 5.34. The minimum Gasteiger partial charge on any atom is -0.434 e. The topological polar surface area (TPSA) is 48.9 Å². The van der Waals surface area contributed by atoms with E-state index in [0.29, 0.717) is 16.5 Å². The van der Waals surface area contributed by atoms with Crippen molar-refractivity contribution in [3.63, 3.8) is 0 Å². The zero-order chi connectivity index (χ0) is 19.7. The first-order chi connectivity index (χ1) is 12.1. The number of hydrogen-bond donors (Lipinski definition) is 2. The molecule has 0 aliphatic rings. The summed E-state index contributed by atoms with van der Waals surface area (Å²) in [5, 5.41) is 6.05. The molecule has 0 unspecified atom stereocenters. The first-order valence-corrected chi connectivity index (χ1v) is 7.91. The summed E-state index contributed by atoms with van der Waals surface area (Å²) in [4.78, 5) is 5.04. The Labute approximate surface area is 153 Å². The van der Waals surface area contributed by atoms with Crippen LogP contribution in [0.25, 0.3) is 0 Å². The summed E-state index contributed by atoms with van der Waals surface area (Å²) >= 11 is 5.86. The first kappa shape index (κ1) is 22.2. The third-order valence-corrected chi connectivity index (χ3v) is 3.38. The van der Waals surface area contributed by atoms with Gasteiger partial charge in [-0.3, -0.25) is 9.89 Å². The van der Waals surface area contributed by atoms with Crippen LogP contribution in [0.2, 0.25) is 5.02 Å². The molecule has 0 fully saturated rings. The number of nitrogens with zero attached hydrogens (tertiary/aromatic N) is 2. The maximum absolute atomic E-state index is 12.4. The van der Waals surface area contributed by atoms with Crippen LogP contribution in [0.15, 0.2) is 23.2 Å². The third-order valence-electron chi connectivity index (χ3n) is 3.14. The van der Waals surface area contributed by atoms with E-state index in [9.17, 15) is 22.0 Å². The minimum absolute atomic E-state index is 0.0303. The minimum atomic E-state index is -4.26. The lowest BCUT2D eigenvalue weighted by atomic mass is 10.2. The molecule has 0 aliphatic carbocycles. The quantitative estimate of drug-likeness (QED) is 0.398. The average Bonchev–Trinajstić information content (AvgIpc) is 2.50. The Kier molecular flexibility index (Phi) is 8.86. The molecule has 1 aromatic carbocycles. The van der Waals surface area contributed by atoms with Crippen molar-refractivity contribution in [2.75, 3.05) is 33.7 Å². The number of rotatable bonds is 8. The molecule has 0 spiro atoms. The molecule has 1 rings (SSSR count). The van der Waals surface area contributed by atoms with E-state index in [1.165, 1.54) is 32.3 Å². The van der Waals surface area contributed by atoms with E-state index in [0.717, 1.165) is 4.90 Å².